The molecule has 2 rings (SSSR count). The van der Waals surface area contributed by atoms with Crippen LogP contribution in [0.2, 0.25) is 5.02 Å². The minimum absolute atomic E-state index is 0.0500. The summed E-state index contributed by atoms with van der Waals surface area (Å²) in [6.07, 6.45) is 0.551. The standard InChI is InChI=1S/C17H21ClN2O5S2/c1-25-12-4-11-19-27(23,24)16-9-7-15(8-10-16)20-26(21,22)13-14-5-2-3-6-17(14)18/h2-3,5-10,19-20H,4,11-13H2,1H3. The van der Waals surface area contributed by atoms with Crippen molar-refractivity contribution >= 4 is 37.3 Å². The van der Waals surface area contributed by atoms with Gasteiger partial charge < -0.3 is 4.74 Å². The van der Waals surface area contributed by atoms with Crippen LogP contribution in [0.3, 0.4) is 0 Å². The summed E-state index contributed by atoms with van der Waals surface area (Å²) in [5, 5.41) is 0.365. The maximum Gasteiger partial charge on any atom is 0.240 e. The van der Waals surface area contributed by atoms with Crippen LogP contribution in [0, 0.1) is 0 Å². The number of halogens is 1. The lowest BCUT2D eigenvalue weighted by molar-refractivity contribution is 0.196. The van der Waals surface area contributed by atoms with E-state index in [2.05, 4.69) is 9.44 Å². The highest BCUT2D eigenvalue weighted by Crippen LogP contribution is 2.20. The minimum atomic E-state index is -3.69. The second-order valence-corrected chi connectivity index (χ2v) is 9.62. The Morgan fingerprint density at radius 1 is 1.00 bits per heavy atom. The third-order valence-electron chi connectivity index (χ3n) is 3.56. The van der Waals surface area contributed by atoms with Crippen LogP contribution in [-0.2, 0) is 30.5 Å². The first-order valence-electron chi connectivity index (χ1n) is 8.06. The number of methoxy groups -OCH3 is 1. The van der Waals surface area contributed by atoms with Crippen LogP contribution in [0.1, 0.15) is 12.0 Å². The van der Waals surface area contributed by atoms with E-state index in [1.165, 1.54) is 24.3 Å². The van der Waals surface area contributed by atoms with Gasteiger partial charge in [-0.25, -0.2) is 21.6 Å². The number of nitrogens with one attached hydrogen (secondary N) is 2. The fourth-order valence-corrected chi connectivity index (χ4v) is 4.83. The van der Waals surface area contributed by atoms with Crippen molar-refractivity contribution in [2.45, 2.75) is 17.1 Å². The molecule has 0 aliphatic carbocycles. The second-order valence-electron chi connectivity index (χ2n) is 5.72. The van der Waals surface area contributed by atoms with E-state index in [4.69, 9.17) is 16.3 Å². The van der Waals surface area contributed by atoms with Crippen molar-refractivity contribution in [1.82, 2.24) is 4.72 Å². The third kappa shape index (κ3) is 6.78. The van der Waals surface area contributed by atoms with E-state index in [1.54, 1.807) is 31.4 Å². The maximum absolute atomic E-state index is 12.3. The van der Waals surface area contributed by atoms with E-state index >= 15 is 0 Å². The highest BCUT2D eigenvalue weighted by atomic mass is 35.5. The molecule has 0 radical (unpaired) electrons. The number of rotatable bonds is 10. The lowest BCUT2D eigenvalue weighted by atomic mass is 10.2. The summed E-state index contributed by atoms with van der Waals surface area (Å²) in [6.45, 7) is 0.705. The molecule has 0 spiro atoms. The quantitative estimate of drug-likeness (QED) is 0.562. The van der Waals surface area contributed by atoms with Crippen molar-refractivity contribution in [2.75, 3.05) is 25.0 Å². The highest BCUT2D eigenvalue weighted by molar-refractivity contribution is 7.92. The predicted octanol–water partition coefficient (Wildman–Crippen LogP) is 2.60. The van der Waals surface area contributed by atoms with E-state index in [0.29, 0.717) is 23.6 Å². The van der Waals surface area contributed by atoms with Gasteiger partial charge in [0.1, 0.15) is 0 Å². The number of anilines is 1. The van der Waals surface area contributed by atoms with Gasteiger partial charge in [0.15, 0.2) is 0 Å². The normalized spacial score (nSPS) is 12.1. The van der Waals surface area contributed by atoms with Gasteiger partial charge in [0, 0.05) is 31.0 Å². The van der Waals surface area contributed by atoms with Crippen LogP contribution in [0.4, 0.5) is 5.69 Å². The van der Waals surface area contributed by atoms with Gasteiger partial charge in [0.25, 0.3) is 0 Å². The van der Waals surface area contributed by atoms with Crippen molar-refractivity contribution in [3.63, 3.8) is 0 Å². The largest absolute Gasteiger partial charge is 0.385 e. The van der Waals surface area contributed by atoms with E-state index in [0.717, 1.165) is 0 Å². The van der Waals surface area contributed by atoms with Crippen molar-refractivity contribution in [3.8, 4) is 0 Å². The average Bonchev–Trinajstić information content (AvgIpc) is 2.61. The molecule has 2 aromatic carbocycles. The maximum atomic E-state index is 12.3. The molecule has 0 saturated carbocycles. The fraction of sp³-hybridized carbons (Fsp3) is 0.294. The zero-order valence-electron chi connectivity index (χ0n) is 14.7. The molecule has 148 valence electrons. The third-order valence-corrected chi connectivity index (χ3v) is 6.64. The summed E-state index contributed by atoms with van der Waals surface area (Å²) in [6, 6.07) is 12.1. The minimum Gasteiger partial charge on any atom is -0.385 e. The van der Waals surface area contributed by atoms with Gasteiger partial charge in [-0.15, -0.1) is 0 Å². The molecule has 2 aromatic rings. The van der Waals surface area contributed by atoms with Gasteiger partial charge >= 0.3 is 0 Å². The molecule has 27 heavy (non-hydrogen) atoms. The van der Waals surface area contributed by atoms with E-state index in [1.807, 2.05) is 0 Å². The molecule has 0 aromatic heterocycles. The molecule has 7 nitrogen and oxygen atoms in total. The summed E-state index contributed by atoms with van der Waals surface area (Å²) in [7, 11) is -5.81. The Hall–Kier alpha value is -1.65. The summed E-state index contributed by atoms with van der Waals surface area (Å²) >= 11 is 5.99. The number of benzene rings is 2. The van der Waals surface area contributed by atoms with Gasteiger partial charge in [-0.05, 0) is 42.3 Å². The fourth-order valence-electron chi connectivity index (χ4n) is 2.24. The average molecular weight is 433 g/mol. The molecule has 0 atom stereocenters. The molecule has 0 heterocycles. The SMILES string of the molecule is COCCCNS(=O)(=O)c1ccc(NS(=O)(=O)Cc2ccccc2Cl)cc1. The van der Waals surface area contributed by atoms with Crippen LogP contribution in [0.5, 0.6) is 0 Å². The number of ether oxygens (including phenoxy) is 1. The van der Waals surface area contributed by atoms with E-state index in [-0.39, 0.29) is 22.9 Å². The van der Waals surface area contributed by atoms with Crippen molar-refractivity contribution in [3.05, 3.63) is 59.1 Å². The van der Waals surface area contributed by atoms with Crippen LogP contribution in [0.15, 0.2) is 53.4 Å². The Kier molecular flexibility index (Phi) is 7.63. The Morgan fingerprint density at radius 3 is 2.30 bits per heavy atom. The van der Waals surface area contributed by atoms with Crippen molar-refractivity contribution < 1.29 is 21.6 Å². The van der Waals surface area contributed by atoms with Crippen LogP contribution >= 0.6 is 11.6 Å². The first kappa shape index (κ1) is 21.6. The molecule has 0 aliphatic rings. The first-order chi connectivity index (χ1) is 12.7. The number of hydrogen-bond acceptors (Lipinski definition) is 5. The lowest BCUT2D eigenvalue weighted by Gasteiger charge is -2.10. The van der Waals surface area contributed by atoms with E-state index < -0.39 is 20.0 Å². The Morgan fingerprint density at radius 2 is 1.67 bits per heavy atom. The van der Waals surface area contributed by atoms with Gasteiger partial charge in [-0.3, -0.25) is 4.72 Å². The van der Waals surface area contributed by atoms with Crippen molar-refractivity contribution in [1.29, 1.82) is 0 Å². The zero-order valence-corrected chi connectivity index (χ0v) is 17.1. The summed E-state index contributed by atoms with van der Waals surface area (Å²) in [4.78, 5) is 0.0500. The van der Waals surface area contributed by atoms with Crippen LogP contribution < -0.4 is 9.44 Å². The topological polar surface area (TPSA) is 102 Å². The number of hydrogen-bond donors (Lipinski definition) is 2. The molecule has 2 N–H and O–H groups in total. The smallest absolute Gasteiger partial charge is 0.240 e. The predicted molar refractivity (Wildman–Crippen MR) is 106 cm³/mol. The Balaban J connectivity index is 2.03. The molecule has 0 bridgehead atoms. The highest BCUT2D eigenvalue weighted by Gasteiger charge is 2.16. The number of sulfonamides is 2. The molecule has 0 amide bonds. The summed E-state index contributed by atoms with van der Waals surface area (Å²) in [5.41, 5.74) is 0.742. The molecular weight excluding hydrogens is 412 g/mol. The molecule has 0 saturated heterocycles. The summed E-state index contributed by atoms with van der Waals surface area (Å²) in [5.74, 6) is -0.284. The molecule has 0 unspecified atom stereocenters. The lowest BCUT2D eigenvalue weighted by Crippen LogP contribution is -2.25. The van der Waals surface area contributed by atoms with Gasteiger partial charge in [0.05, 0.1) is 10.6 Å². The molecule has 0 fully saturated rings. The monoisotopic (exact) mass is 432 g/mol. The second kappa shape index (κ2) is 9.52. The van der Waals surface area contributed by atoms with Gasteiger partial charge in [-0.1, -0.05) is 29.8 Å². The van der Waals surface area contributed by atoms with Gasteiger partial charge in [-0.2, -0.15) is 0 Å². The summed E-state index contributed by atoms with van der Waals surface area (Å²) < 4.78 is 58.7. The first-order valence-corrected chi connectivity index (χ1v) is 11.6. The van der Waals surface area contributed by atoms with Crippen LogP contribution in [-0.4, -0.2) is 37.1 Å². The molecule has 10 heteroatoms. The van der Waals surface area contributed by atoms with E-state index in [9.17, 15) is 16.8 Å². The van der Waals surface area contributed by atoms with Gasteiger partial charge in [0.2, 0.25) is 20.0 Å². The molecular formula is C17H21ClN2O5S2. The van der Waals surface area contributed by atoms with Crippen LogP contribution in [0.25, 0.3) is 0 Å². The Labute approximate surface area is 164 Å². The Bertz CT molecular complexity index is 961. The molecule has 0 aliphatic heterocycles. The van der Waals surface area contributed by atoms with Crippen molar-refractivity contribution in [2.24, 2.45) is 0 Å². The zero-order chi connectivity index (χ0) is 19.9.